The lowest BCUT2D eigenvalue weighted by molar-refractivity contribution is -0.114. The average molecular weight is 370 g/mol. The minimum absolute atomic E-state index is 0.0829. The van der Waals surface area contributed by atoms with E-state index in [0.29, 0.717) is 18.7 Å². The summed E-state index contributed by atoms with van der Waals surface area (Å²) < 4.78 is 5.84. The Kier molecular flexibility index (Phi) is 6.32. The summed E-state index contributed by atoms with van der Waals surface area (Å²) in [6.07, 6.45) is 9.70. The van der Waals surface area contributed by atoms with Gasteiger partial charge in [-0.3, -0.25) is 9.59 Å². The van der Waals surface area contributed by atoms with Gasteiger partial charge in [0, 0.05) is 31.5 Å². The number of fused-ring (bicyclic) bond motifs is 1. The summed E-state index contributed by atoms with van der Waals surface area (Å²) in [7, 11) is 1.75. The van der Waals surface area contributed by atoms with Crippen molar-refractivity contribution in [1.82, 2.24) is 5.32 Å². The first-order chi connectivity index (χ1) is 13.1. The molecule has 1 saturated carbocycles. The predicted molar refractivity (Wildman–Crippen MR) is 107 cm³/mol. The van der Waals surface area contributed by atoms with Gasteiger partial charge < -0.3 is 15.0 Å². The van der Waals surface area contributed by atoms with Crippen LogP contribution < -0.4 is 10.2 Å². The lowest BCUT2D eigenvalue weighted by atomic mass is 9.93. The lowest BCUT2D eigenvalue weighted by Crippen LogP contribution is -2.44. The molecule has 2 aliphatic rings. The van der Waals surface area contributed by atoms with Gasteiger partial charge in [0.05, 0.1) is 5.60 Å². The van der Waals surface area contributed by atoms with Gasteiger partial charge in [-0.15, -0.1) is 0 Å². The Morgan fingerprint density at radius 1 is 1.22 bits per heavy atom. The molecule has 1 heterocycles. The molecule has 0 saturated heterocycles. The maximum absolute atomic E-state index is 13.0. The van der Waals surface area contributed by atoms with Crippen molar-refractivity contribution in [3.63, 3.8) is 0 Å². The molecule has 1 aromatic carbocycles. The number of benzene rings is 1. The van der Waals surface area contributed by atoms with Crippen molar-refractivity contribution in [1.29, 1.82) is 0 Å². The van der Waals surface area contributed by atoms with E-state index in [4.69, 9.17) is 4.74 Å². The summed E-state index contributed by atoms with van der Waals surface area (Å²) in [5.41, 5.74) is 2.18. The van der Waals surface area contributed by atoms with Gasteiger partial charge >= 0.3 is 0 Å². The van der Waals surface area contributed by atoms with Gasteiger partial charge in [0.15, 0.2) is 0 Å². The van der Waals surface area contributed by atoms with E-state index in [1.54, 1.807) is 12.0 Å². The third kappa shape index (κ3) is 4.24. The van der Waals surface area contributed by atoms with Gasteiger partial charge in [-0.25, -0.2) is 0 Å². The number of hydrogen-bond acceptors (Lipinski definition) is 3. The Morgan fingerprint density at radius 3 is 2.63 bits per heavy atom. The zero-order valence-corrected chi connectivity index (χ0v) is 16.3. The molecule has 146 valence electrons. The third-order valence-electron chi connectivity index (χ3n) is 5.95. The van der Waals surface area contributed by atoms with Crippen molar-refractivity contribution in [2.24, 2.45) is 0 Å². The van der Waals surface area contributed by atoms with Crippen LogP contribution in [-0.4, -0.2) is 37.6 Å². The summed E-state index contributed by atoms with van der Waals surface area (Å²) in [5, 5.41) is 3.11. The molecule has 1 fully saturated rings. The number of anilines is 1. The van der Waals surface area contributed by atoms with E-state index >= 15 is 0 Å². The van der Waals surface area contributed by atoms with Crippen LogP contribution in [0, 0.1) is 0 Å². The fourth-order valence-corrected chi connectivity index (χ4v) is 4.34. The van der Waals surface area contributed by atoms with Crippen LogP contribution in [0.1, 0.15) is 60.9 Å². The molecule has 0 radical (unpaired) electrons. The third-order valence-corrected chi connectivity index (χ3v) is 5.95. The first kappa shape index (κ1) is 19.6. The van der Waals surface area contributed by atoms with Crippen LogP contribution in [0.4, 0.5) is 5.69 Å². The zero-order valence-electron chi connectivity index (χ0n) is 16.3. The number of amides is 2. The Hall–Kier alpha value is -2.14. The largest absolute Gasteiger partial charge is 0.376 e. The highest BCUT2D eigenvalue weighted by molar-refractivity contribution is 6.04. The number of rotatable bonds is 5. The SMILES string of the molecule is C=CC(=O)N1CCCc2c(C(=O)NCC3(OC)CCCCCC3)cccc21. The smallest absolute Gasteiger partial charge is 0.251 e. The molecule has 5 heteroatoms. The molecule has 5 nitrogen and oxygen atoms in total. The molecule has 0 bridgehead atoms. The normalized spacial score (nSPS) is 18.9. The number of carbonyl (C=O) groups is 2. The maximum Gasteiger partial charge on any atom is 0.251 e. The minimum atomic E-state index is -0.258. The van der Waals surface area contributed by atoms with Crippen LogP contribution in [0.5, 0.6) is 0 Å². The average Bonchev–Trinajstić information content (AvgIpc) is 2.96. The van der Waals surface area contributed by atoms with Crippen molar-refractivity contribution in [3.8, 4) is 0 Å². The summed E-state index contributed by atoms with van der Waals surface area (Å²) >= 11 is 0. The summed E-state index contributed by atoms with van der Waals surface area (Å²) in [6, 6.07) is 5.61. The van der Waals surface area contributed by atoms with Crippen molar-refractivity contribution < 1.29 is 14.3 Å². The second-order valence-electron chi connectivity index (χ2n) is 7.58. The number of nitrogens with one attached hydrogen (secondary N) is 1. The molecule has 0 spiro atoms. The molecule has 1 aliphatic heterocycles. The molecule has 27 heavy (non-hydrogen) atoms. The highest BCUT2D eigenvalue weighted by Gasteiger charge is 2.32. The number of hydrogen-bond donors (Lipinski definition) is 1. The molecule has 2 amide bonds. The van der Waals surface area contributed by atoms with Gasteiger partial charge in [-0.1, -0.05) is 38.3 Å². The van der Waals surface area contributed by atoms with Gasteiger partial charge in [-0.2, -0.15) is 0 Å². The van der Waals surface area contributed by atoms with E-state index in [9.17, 15) is 9.59 Å². The number of carbonyl (C=O) groups excluding carboxylic acids is 2. The molecule has 1 aromatic rings. The van der Waals surface area contributed by atoms with Crippen molar-refractivity contribution in [2.75, 3.05) is 25.1 Å². The van der Waals surface area contributed by atoms with Crippen molar-refractivity contribution in [2.45, 2.75) is 57.0 Å². The van der Waals surface area contributed by atoms with E-state index in [-0.39, 0.29) is 17.4 Å². The molecule has 0 aromatic heterocycles. The highest BCUT2D eigenvalue weighted by Crippen LogP contribution is 2.31. The minimum Gasteiger partial charge on any atom is -0.376 e. The molecular weight excluding hydrogens is 340 g/mol. The van der Waals surface area contributed by atoms with Crippen LogP contribution in [0.2, 0.25) is 0 Å². The number of nitrogens with zero attached hydrogens (tertiary/aromatic N) is 1. The fourth-order valence-electron chi connectivity index (χ4n) is 4.34. The highest BCUT2D eigenvalue weighted by atomic mass is 16.5. The second-order valence-corrected chi connectivity index (χ2v) is 7.58. The summed E-state index contributed by atoms with van der Waals surface area (Å²) in [5.74, 6) is -0.203. The van der Waals surface area contributed by atoms with Gasteiger partial charge in [-0.05, 0) is 49.5 Å². The first-order valence-corrected chi connectivity index (χ1v) is 9.99. The van der Waals surface area contributed by atoms with E-state index in [0.717, 1.165) is 49.8 Å². The summed E-state index contributed by atoms with van der Waals surface area (Å²) in [4.78, 5) is 26.8. The van der Waals surface area contributed by atoms with Gasteiger partial charge in [0.2, 0.25) is 5.91 Å². The van der Waals surface area contributed by atoms with Crippen molar-refractivity contribution >= 4 is 17.5 Å². The monoisotopic (exact) mass is 370 g/mol. The standard InChI is InChI=1S/C22H30N2O3/c1-3-20(25)24-15-9-11-17-18(10-8-12-19(17)24)21(26)23-16-22(27-2)13-6-4-5-7-14-22/h3,8,10,12H,1,4-7,9,11,13-16H2,2H3,(H,23,26). The van der Waals surface area contributed by atoms with Crippen LogP contribution in [0.15, 0.2) is 30.9 Å². The second kappa shape index (κ2) is 8.70. The van der Waals surface area contributed by atoms with Crippen molar-refractivity contribution in [3.05, 3.63) is 42.0 Å². The maximum atomic E-state index is 13.0. The first-order valence-electron chi connectivity index (χ1n) is 9.99. The van der Waals surface area contributed by atoms with E-state index in [1.807, 2.05) is 18.2 Å². The molecule has 1 aliphatic carbocycles. The summed E-state index contributed by atoms with van der Waals surface area (Å²) in [6.45, 7) is 4.78. The Morgan fingerprint density at radius 2 is 1.96 bits per heavy atom. The zero-order chi connectivity index (χ0) is 19.3. The van der Waals surface area contributed by atoms with Crippen LogP contribution >= 0.6 is 0 Å². The fraction of sp³-hybridized carbons (Fsp3) is 0.545. The molecule has 1 N–H and O–H groups in total. The Bertz CT molecular complexity index is 706. The lowest BCUT2D eigenvalue weighted by Gasteiger charge is -2.32. The molecular formula is C22H30N2O3. The van der Waals surface area contributed by atoms with Gasteiger partial charge in [0.1, 0.15) is 0 Å². The molecule has 0 unspecified atom stereocenters. The van der Waals surface area contributed by atoms with E-state index in [1.165, 1.54) is 18.9 Å². The number of methoxy groups -OCH3 is 1. The van der Waals surface area contributed by atoms with Crippen LogP contribution in [0.3, 0.4) is 0 Å². The predicted octanol–water partition coefficient (Wildman–Crippen LogP) is 3.62. The van der Waals surface area contributed by atoms with E-state index in [2.05, 4.69) is 11.9 Å². The molecule has 0 atom stereocenters. The van der Waals surface area contributed by atoms with Crippen LogP contribution in [-0.2, 0) is 16.0 Å². The Balaban J connectivity index is 1.77. The topological polar surface area (TPSA) is 58.6 Å². The van der Waals surface area contributed by atoms with E-state index < -0.39 is 0 Å². The van der Waals surface area contributed by atoms with Crippen LogP contribution in [0.25, 0.3) is 0 Å². The number of ether oxygens (including phenoxy) is 1. The quantitative estimate of drug-likeness (QED) is 0.636. The Labute approximate surface area is 161 Å². The molecule has 3 rings (SSSR count). The van der Waals surface area contributed by atoms with Gasteiger partial charge in [0.25, 0.3) is 5.91 Å².